The van der Waals surface area contributed by atoms with Gasteiger partial charge in [-0.2, -0.15) is 26.3 Å². The van der Waals surface area contributed by atoms with Gasteiger partial charge in [0.1, 0.15) is 0 Å². The van der Waals surface area contributed by atoms with Crippen LogP contribution in [0.2, 0.25) is 0 Å². The van der Waals surface area contributed by atoms with E-state index >= 15 is 0 Å². The molecule has 0 atom stereocenters. The molecule has 2 rings (SSSR count). The Balaban J connectivity index is 2.21. The molecule has 2 N–H and O–H groups in total. The number of nitrogens with zero attached hydrogens (tertiary/aromatic N) is 3. The maximum Gasteiger partial charge on any atom is 0.416 e. The molecule has 0 bridgehead atoms. The van der Waals surface area contributed by atoms with Crippen molar-refractivity contribution in [3.05, 3.63) is 41.7 Å². The minimum absolute atomic E-state index is 0.0309. The lowest BCUT2D eigenvalue weighted by Gasteiger charge is -2.15. The lowest BCUT2D eigenvalue weighted by atomic mass is 10.1. The third kappa shape index (κ3) is 5.46. The summed E-state index contributed by atoms with van der Waals surface area (Å²) in [7, 11) is 3.36. The number of hydrogen-bond acceptors (Lipinski definition) is 4. The van der Waals surface area contributed by atoms with E-state index in [2.05, 4.69) is 15.3 Å². The molecule has 27 heavy (non-hydrogen) atoms. The summed E-state index contributed by atoms with van der Waals surface area (Å²) in [5.41, 5.74) is -3.64. The number of urea groups is 1. The number of nitrogens with one attached hydrogen (secondary N) is 2. The summed E-state index contributed by atoms with van der Waals surface area (Å²) >= 11 is 0. The van der Waals surface area contributed by atoms with E-state index in [0.717, 1.165) is 0 Å². The van der Waals surface area contributed by atoms with Crippen molar-refractivity contribution >= 4 is 23.4 Å². The van der Waals surface area contributed by atoms with Crippen molar-refractivity contribution in [3.8, 4) is 0 Å². The molecule has 0 unspecified atom stereocenters. The van der Waals surface area contributed by atoms with Gasteiger partial charge in [0.2, 0.25) is 5.95 Å². The zero-order valence-electron chi connectivity index (χ0n) is 13.9. The van der Waals surface area contributed by atoms with Gasteiger partial charge < -0.3 is 15.5 Å². The van der Waals surface area contributed by atoms with Crippen LogP contribution in [0, 0.1) is 0 Å². The van der Waals surface area contributed by atoms with Crippen LogP contribution in [0.5, 0.6) is 0 Å². The van der Waals surface area contributed by atoms with E-state index < -0.39 is 35.2 Å². The van der Waals surface area contributed by atoms with Crippen molar-refractivity contribution in [1.82, 2.24) is 9.97 Å². The number of carbonyl (C=O) groups excluding carboxylic acids is 1. The fourth-order valence-corrected chi connectivity index (χ4v) is 1.94. The molecule has 1 heterocycles. The maximum absolute atomic E-state index is 12.8. The molecule has 146 valence electrons. The SMILES string of the molecule is CN(C)c1ncc(NC(=O)Nc2cc(C(F)(F)F)cc(C(F)(F)F)c2)cn1. The van der Waals surface area contributed by atoms with Crippen LogP contribution >= 0.6 is 0 Å². The molecule has 0 fully saturated rings. The summed E-state index contributed by atoms with van der Waals surface area (Å²) in [5.74, 6) is 0.341. The van der Waals surface area contributed by atoms with E-state index in [-0.39, 0.29) is 11.8 Å². The summed E-state index contributed by atoms with van der Waals surface area (Å²) in [6, 6.07) is -0.277. The molecule has 2 aromatic rings. The third-order valence-electron chi connectivity index (χ3n) is 3.14. The highest BCUT2D eigenvalue weighted by Gasteiger charge is 2.37. The Kier molecular flexibility index (Phi) is 5.47. The second kappa shape index (κ2) is 7.29. The number of alkyl halides is 6. The van der Waals surface area contributed by atoms with E-state index in [0.29, 0.717) is 18.1 Å². The second-order valence-corrected chi connectivity index (χ2v) is 5.54. The van der Waals surface area contributed by atoms with Crippen LogP contribution in [-0.2, 0) is 12.4 Å². The molecule has 0 radical (unpaired) electrons. The van der Waals surface area contributed by atoms with E-state index in [1.807, 2.05) is 5.32 Å². The molecule has 0 aliphatic heterocycles. The number of anilines is 3. The topological polar surface area (TPSA) is 70.2 Å². The molecule has 0 saturated heterocycles. The van der Waals surface area contributed by atoms with Crippen LogP contribution in [0.1, 0.15) is 11.1 Å². The number of carbonyl (C=O) groups is 1. The van der Waals surface area contributed by atoms with Gasteiger partial charge in [0.25, 0.3) is 0 Å². The molecule has 2 amide bonds. The number of aromatic nitrogens is 2. The predicted octanol–water partition coefficient (Wildman–Crippen LogP) is 4.22. The van der Waals surface area contributed by atoms with Gasteiger partial charge in [0.05, 0.1) is 29.2 Å². The van der Waals surface area contributed by atoms with Crippen LogP contribution in [0.4, 0.5) is 48.5 Å². The number of rotatable bonds is 3. The molecule has 12 heteroatoms. The predicted molar refractivity (Wildman–Crippen MR) is 85.4 cm³/mol. The van der Waals surface area contributed by atoms with Gasteiger partial charge in [-0.25, -0.2) is 14.8 Å². The summed E-state index contributed by atoms with van der Waals surface area (Å²) in [4.78, 5) is 21.3. The summed E-state index contributed by atoms with van der Waals surface area (Å²) in [5, 5.41) is 4.15. The van der Waals surface area contributed by atoms with Gasteiger partial charge in [0.15, 0.2) is 0 Å². The van der Waals surface area contributed by atoms with E-state index in [9.17, 15) is 31.1 Å². The van der Waals surface area contributed by atoms with E-state index in [1.54, 1.807) is 19.0 Å². The lowest BCUT2D eigenvalue weighted by molar-refractivity contribution is -0.143. The largest absolute Gasteiger partial charge is 0.416 e. The maximum atomic E-state index is 12.8. The average molecular weight is 393 g/mol. The summed E-state index contributed by atoms with van der Waals surface area (Å²) < 4.78 is 76.8. The first-order chi connectivity index (χ1) is 12.4. The molecular formula is C15H13F6N5O. The van der Waals surface area contributed by atoms with Crippen LogP contribution < -0.4 is 15.5 Å². The molecule has 1 aromatic carbocycles. The highest BCUT2D eigenvalue weighted by atomic mass is 19.4. The monoisotopic (exact) mass is 393 g/mol. The Morgan fingerprint density at radius 3 is 1.70 bits per heavy atom. The number of hydrogen-bond donors (Lipinski definition) is 2. The van der Waals surface area contributed by atoms with Crippen molar-refractivity contribution in [2.45, 2.75) is 12.4 Å². The Bertz CT molecular complexity index is 785. The molecule has 0 aliphatic carbocycles. The Morgan fingerprint density at radius 1 is 0.852 bits per heavy atom. The number of benzene rings is 1. The molecule has 0 saturated carbocycles. The van der Waals surface area contributed by atoms with Crippen molar-refractivity contribution < 1.29 is 31.1 Å². The Hall–Kier alpha value is -3.05. The lowest BCUT2D eigenvalue weighted by Crippen LogP contribution is -2.21. The van der Waals surface area contributed by atoms with Crippen LogP contribution in [0.3, 0.4) is 0 Å². The number of amides is 2. The standard InChI is InChI=1S/C15H13F6N5O/c1-26(2)12-22-6-11(7-23-12)25-13(27)24-10-4-8(14(16,17)18)3-9(5-10)15(19,20)21/h3-7H,1-2H3,(H2,24,25,27). The summed E-state index contributed by atoms with van der Waals surface area (Å²) in [6.45, 7) is 0. The van der Waals surface area contributed by atoms with Gasteiger partial charge in [-0.3, -0.25) is 0 Å². The average Bonchev–Trinajstić information content (AvgIpc) is 2.53. The minimum atomic E-state index is -5.01. The first kappa shape index (κ1) is 20.3. The van der Waals surface area contributed by atoms with Gasteiger partial charge in [-0.1, -0.05) is 0 Å². The van der Waals surface area contributed by atoms with Crippen molar-refractivity contribution in [1.29, 1.82) is 0 Å². The molecular weight excluding hydrogens is 380 g/mol. The van der Waals surface area contributed by atoms with Gasteiger partial charge in [-0.15, -0.1) is 0 Å². The molecule has 6 nitrogen and oxygen atoms in total. The highest BCUT2D eigenvalue weighted by Crippen LogP contribution is 2.37. The van der Waals surface area contributed by atoms with Crippen LogP contribution in [0.25, 0.3) is 0 Å². The first-order valence-electron chi connectivity index (χ1n) is 7.23. The first-order valence-corrected chi connectivity index (χ1v) is 7.23. The molecule has 0 aliphatic rings. The highest BCUT2D eigenvalue weighted by molar-refractivity contribution is 5.99. The van der Waals surface area contributed by atoms with Crippen LogP contribution in [-0.4, -0.2) is 30.1 Å². The summed E-state index contributed by atoms with van der Waals surface area (Å²) in [6.07, 6.45) is -7.56. The normalized spacial score (nSPS) is 11.9. The smallest absolute Gasteiger partial charge is 0.347 e. The van der Waals surface area contributed by atoms with Gasteiger partial charge in [-0.05, 0) is 18.2 Å². The van der Waals surface area contributed by atoms with E-state index in [4.69, 9.17) is 0 Å². The molecule has 1 aromatic heterocycles. The zero-order chi connectivity index (χ0) is 20.4. The van der Waals surface area contributed by atoms with Gasteiger partial charge >= 0.3 is 18.4 Å². The van der Waals surface area contributed by atoms with Crippen molar-refractivity contribution in [2.75, 3.05) is 29.6 Å². The Labute approximate surface area is 149 Å². The van der Waals surface area contributed by atoms with Crippen molar-refractivity contribution in [3.63, 3.8) is 0 Å². The third-order valence-corrected chi connectivity index (χ3v) is 3.14. The van der Waals surface area contributed by atoms with Crippen molar-refractivity contribution in [2.24, 2.45) is 0 Å². The second-order valence-electron chi connectivity index (χ2n) is 5.54. The van der Waals surface area contributed by atoms with E-state index in [1.165, 1.54) is 12.4 Å². The quantitative estimate of drug-likeness (QED) is 0.766. The molecule has 0 spiro atoms. The fraction of sp³-hybridized carbons (Fsp3) is 0.267. The Morgan fingerprint density at radius 2 is 1.30 bits per heavy atom. The zero-order valence-corrected chi connectivity index (χ0v) is 13.9. The van der Waals surface area contributed by atoms with Gasteiger partial charge in [0, 0.05) is 19.8 Å². The minimum Gasteiger partial charge on any atom is -0.347 e. The van der Waals surface area contributed by atoms with Crippen LogP contribution in [0.15, 0.2) is 30.6 Å². The fourth-order valence-electron chi connectivity index (χ4n) is 1.94. The number of halogens is 6.